The summed E-state index contributed by atoms with van der Waals surface area (Å²) in [5.74, 6) is -1.52. The molecule has 1 fully saturated rings. The summed E-state index contributed by atoms with van der Waals surface area (Å²) in [5, 5.41) is 11.9. The van der Waals surface area contributed by atoms with E-state index in [1.54, 1.807) is 19.1 Å². The number of hydrogen-bond acceptors (Lipinski definition) is 4. The Morgan fingerprint density at radius 2 is 2.15 bits per heavy atom. The summed E-state index contributed by atoms with van der Waals surface area (Å²) >= 11 is 0. The van der Waals surface area contributed by atoms with Gasteiger partial charge in [-0.1, -0.05) is 12.1 Å². The van der Waals surface area contributed by atoms with Crippen LogP contribution in [-0.2, 0) is 11.3 Å². The van der Waals surface area contributed by atoms with Gasteiger partial charge in [-0.05, 0) is 12.5 Å². The Hall–Kier alpha value is -1.66. The van der Waals surface area contributed by atoms with Crippen LogP contribution in [-0.4, -0.2) is 48.8 Å². The lowest BCUT2D eigenvalue weighted by Gasteiger charge is -2.28. The van der Waals surface area contributed by atoms with Crippen LogP contribution in [0, 0.1) is 12.7 Å². The van der Waals surface area contributed by atoms with Gasteiger partial charge in [0.05, 0.1) is 0 Å². The molecule has 1 heterocycles. The number of aryl methyl sites for hydroxylation is 1. The molecule has 20 heavy (non-hydrogen) atoms. The first-order chi connectivity index (χ1) is 9.58. The van der Waals surface area contributed by atoms with Gasteiger partial charge in [-0.2, -0.15) is 0 Å². The van der Waals surface area contributed by atoms with Crippen molar-refractivity contribution in [1.29, 1.82) is 0 Å². The Balaban J connectivity index is 2.17. The highest BCUT2D eigenvalue weighted by atomic mass is 19.1. The van der Waals surface area contributed by atoms with Crippen molar-refractivity contribution in [2.24, 2.45) is 0 Å². The van der Waals surface area contributed by atoms with Crippen LogP contribution >= 0.6 is 0 Å². The number of rotatable bonds is 5. The summed E-state index contributed by atoms with van der Waals surface area (Å²) in [6.07, 6.45) is 0. The number of ether oxygens (including phenoxy) is 1. The lowest BCUT2D eigenvalue weighted by molar-refractivity contribution is -0.139. The second-order valence-corrected chi connectivity index (χ2v) is 4.89. The number of carboxylic acids is 1. The Labute approximate surface area is 117 Å². The predicted molar refractivity (Wildman–Crippen MR) is 72.4 cm³/mol. The number of carbonyl (C=O) groups is 1. The molecule has 6 heteroatoms. The second-order valence-electron chi connectivity index (χ2n) is 4.89. The molecule has 0 radical (unpaired) electrons. The first-order valence-electron chi connectivity index (χ1n) is 6.63. The number of piperazine rings is 1. The van der Waals surface area contributed by atoms with Gasteiger partial charge in [0, 0.05) is 38.3 Å². The molecule has 0 unspecified atom stereocenters. The SMILES string of the molecule is Cc1ccc(CN2CCNCC2)c(OCC(=O)O)c1F. The zero-order valence-electron chi connectivity index (χ0n) is 11.5. The van der Waals surface area contributed by atoms with E-state index in [-0.39, 0.29) is 5.75 Å². The molecular weight excluding hydrogens is 263 g/mol. The summed E-state index contributed by atoms with van der Waals surface area (Å²) in [6, 6.07) is 3.50. The molecule has 2 rings (SSSR count). The lowest BCUT2D eigenvalue weighted by Crippen LogP contribution is -2.43. The normalized spacial score (nSPS) is 16.1. The topological polar surface area (TPSA) is 61.8 Å². The number of nitrogens with zero attached hydrogens (tertiary/aromatic N) is 1. The average Bonchev–Trinajstić information content (AvgIpc) is 2.43. The number of benzene rings is 1. The summed E-state index contributed by atoms with van der Waals surface area (Å²) in [6.45, 7) is 5.24. The predicted octanol–water partition coefficient (Wildman–Crippen LogP) is 1.00. The third-order valence-corrected chi connectivity index (χ3v) is 3.32. The highest BCUT2D eigenvalue weighted by Crippen LogP contribution is 2.27. The summed E-state index contributed by atoms with van der Waals surface area (Å²) < 4.78 is 19.3. The van der Waals surface area contributed by atoms with E-state index < -0.39 is 18.4 Å². The number of hydrogen-bond donors (Lipinski definition) is 2. The molecule has 1 aliphatic heterocycles. The van der Waals surface area contributed by atoms with E-state index in [9.17, 15) is 9.18 Å². The molecular formula is C14H19FN2O3. The van der Waals surface area contributed by atoms with Crippen molar-refractivity contribution in [3.63, 3.8) is 0 Å². The van der Waals surface area contributed by atoms with Crippen LogP contribution < -0.4 is 10.1 Å². The molecule has 0 saturated carbocycles. The van der Waals surface area contributed by atoms with Gasteiger partial charge in [-0.25, -0.2) is 9.18 Å². The zero-order valence-corrected chi connectivity index (χ0v) is 11.5. The van der Waals surface area contributed by atoms with Crippen molar-refractivity contribution in [3.05, 3.63) is 29.1 Å². The standard InChI is InChI=1S/C14H19FN2O3/c1-10-2-3-11(8-17-6-4-16-5-7-17)14(13(10)15)20-9-12(18)19/h2-3,16H,4-9H2,1H3,(H,18,19). The minimum absolute atomic E-state index is 0.0610. The van der Waals surface area contributed by atoms with Crippen LogP contribution in [0.2, 0.25) is 0 Å². The van der Waals surface area contributed by atoms with E-state index in [0.29, 0.717) is 17.7 Å². The molecule has 0 amide bonds. The fraction of sp³-hybridized carbons (Fsp3) is 0.500. The molecule has 1 aromatic carbocycles. The van der Waals surface area contributed by atoms with Crippen molar-refractivity contribution in [2.45, 2.75) is 13.5 Å². The van der Waals surface area contributed by atoms with Crippen LogP contribution in [0.4, 0.5) is 4.39 Å². The first kappa shape index (κ1) is 14.7. The fourth-order valence-electron chi connectivity index (χ4n) is 2.22. The van der Waals surface area contributed by atoms with E-state index in [4.69, 9.17) is 9.84 Å². The average molecular weight is 282 g/mol. The zero-order chi connectivity index (χ0) is 14.5. The van der Waals surface area contributed by atoms with Crippen LogP contribution in [0.5, 0.6) is 5.75 Å². The number of nitrogens with one attached hydrogen (secondary N) is 1. The van der Waals surface area contributed by atoms with Gasteiger partial charge in [0.1, 0.15) is 0 Å². The lowest BCUT2D eigenvalue weighted by atomic mass is 10.1. The highest BCUT2D eigenvalue weighted by molar-refractivity contribution is 5.68. The first-order valence-corrected chi connectivity index (χ1v) is 6.63. The van der Waals surface area contributed by atoms with Crippen molar-refractivity contribution >= 4 is 5.97 Å². The molecule has 1 saturated heterocycles. The molecule has 110 valence electrons. The maximum absolute atomic E-state index is 14.1. The van der Waals surface area contributed by atoms with Gasteiger partial charge in [0.2, 0.25) is 0 Å². The molecule has 2 N–H and O–H groups in total. The van der Waals surface area contributed by atoms with E-state index in [1.807, 2.05) is 0 Å². The van der Waals surface area contributed by atoms with Gasteiger partial charge >= 0.3 is 5.97 Å². The maximum Gasteiger partial charge on any atom is 0.341 e. The summed E-state index contributed by atoms with van der Waals surface area (Å²) in [4.78, 5) is 12.8. The highest BCUT2D eigenvalue weighted by Gasteiger charge is 2.17. The van der Waals surface area contributed by atoms with Crippen molar-refractivity contribution in [2.75, 3.05) is 32.8 Å². The quantitative estimate of drug-likeness (QED) is 0.844. The molecule has 1 aromatic rings. The van der Waals surface area contributed by atoms with E-state index in [0.717, 1.165) is 26.2 Å². The monoisotopic (exact) mass is 282 g/mol. The number of aliphatic carboxylic acids is 1. The van der Waals surface area contributed by atoms with Crippen molar-refractivity contribution in [1.82, 2.24) is 10.2 Å². The Morgan fingerprint density at radius 1 is 1.45 bits per heavy atom. The van der Waals surface area contributed by atoms with Crippen LogP contribution in [0.15, 0.2) is 12.1 Å². The smallest absolute Gasteiger partial charge is 0.341 e. The molecule has 0 bridgehead atoms. The second kappa shape index (κ2) is 6.67. The third kappa shape index (κ3) is 3.68. The minimum Gasteiger partial charge on any atom is -0.479 e. The number of carboxylic acid groups (broad SMARTS) is 1. The van der Waals surface area contributed by atoms with E-state index in [2.05, 4.69) is 10.2 Å². The van der Waals surface area contributed by atoms with E-state index in [1.165, 1.54) is 0 Å². The Bertz CT molecular complexity index is 488. The fourth-order valence-corrected chi connectivity index (χ4v) is 2.22. The van der Waals surface area contributed by atoms with Gasteiger partial charge in [-0.3, -0.25) is 4.90 Å². The van der Waals surface area contributed by atoms with Crippen LogP contribution in [0.1, 0.15) is 11.1 Å². The summed E-state index contributed by atoms with van der Waals surface area (Å²) in [5.41, 5.74) is 1.14. The van der Waals surface area contributed by atoms with Gasteiger partial charge in [0.15, 0.2) is 18.2 Å². The van der Waals surface area contributed by atoms with Crippen LogP contribution in [0.3, 0.4) is 0 Å². The minimum atomic E-state index is -1.11. The number of halogens is 1. The van der Waals surface area contributed by atoms with Crippen LogP contribution in [0.25, 0.3) is 0 Å². The maximum atomic E-state index is 14.1. The molecule has 0 spiro atoms. The Kier molecular flexibility index (Phi) is 4.92. The van der Waals surface area contributed by atoms with Gasteiger partial charge in [0.25, 0.3) is 0 Å². The molecule has 5 nitrogen and oxygen atoms in total. The third-order valence-electron chi connectivity index (χ3n) is 3.32. The van der Waals surface area contributed by atoms with E-state index >= 15 is 0 Å². The molecule has 0 aliphatic carbocycles. The molecule has 1 aliphatic rings. The molecule has 0 aromatic heterocycles. The summed E-state index contributed by atoms with van der Waals surface area (Å²) in [7, 11) is 0. The van der Waals surface area contributed by atoms with Gasteiger partial charge in [-0.15, -0.1) is 0 Å². The van der Waals surface area contributed by atoms with Gasteiger partial charge < -0.3 is 15.2 Å². The Morgan fingerprint density at radius 3 is 2.80 bits per heavy atom. The van der Waals surface area contributed by atoms with Crippen molar-refractivity contribution < 1.29 is 19.0 Å². The largest absolute Gasteiger partial charge is 0.479 e. The van der Waals surface area contributed by atoms with Crippen molar-refractivity contribution in [3.8, 4) is 5.75 Å². The molecule has 0 atom stereocenters.